The van der Waals surface area contributed by atoms with E-state index in [1.54, 1.807) is 12.1 Å². The van der Waals surface area contributed by atoms with E-state index in [1.165, 1.54) is 0 Å². The van der Waals surface area contributed by atoms with Gasteiger partial charge in [0.2, 0.25) is 5.91 Å². The molecule has 0 spiro atoms. The third-order valence-electron chi connectivity index (χ3n) is 6.11. The minimum atomic E-state index is -0.0752. The van der Waals surface area contributed by atoms with Gasteiger partial charge in [-0.05, 0) is 47.9 Å². The maximum Gasteiger partial charge on any atom is 0.256 e. The van der Waals surface area contributed by atoms with Gasteiger partial charge in [0.05, 0.1) is 16.9 Å². The number of carbonyl (C=O) groups excluding carboxylic acids is 2. The Hall–Kier alpha value is -3.54. The first kappa shape index (κ1) is 19.4. The fourth-order valence-corrected chi connectivity index (χ4v) is 4.15. The van der Waals surface area contributed by atoms with Gasteiger partial charge in [0.25, 0.3) is 5.91 Å². The summed E-state index contributed by atoms with van der Waals surface area (Å²) >= 11 is 0. The zero-order valence-corrected chi connectivity index (χ0v) is 17.3. The average molecular weight is 415 g/mol. The second-order valence-corrected chi connectivity index (χ2v) is 8.28. The number of carbonyl (C=O) groups is 2. The maximum atomic E-state index is 13.4. The summed E-state index contributed by atoms with van der Waals surface area (Å²) in [6.07, 6.45) is 1.83. The van der Waals surface area contributed by atoms with Gasteiger partial charge in [-0.1, -0.05) is 36.4 Å². The Kier molecular flexibility index (Phi) is 4.98. The Labute approximate surface area is 181 Å². The number of phenols is 1. The van der Waals surface area contributed by atoms with E-state index in [2.05, 4.69) is 10.2 Å². The fourth-order valence-electron chi connectivity index (χ4n) is 4.15. The van der Waals surface area contributed by atoms with E-state index in [0.29, 0.717) is 37.4 Å². The van der Waals surface area contributed by atoms with Gasteiger partial charge in [-0.3, -0.25) is 9.59 Å². The smallest absolute Gasteiger partial charge is 0.256 e. The van der Waals surface area contributed by atoms with Crippen LogP contribution in [0.4, 0.5) is 11.4 Å². The van der Waals surface area contributed by atoms with E-state index < -0.39 is 0 Å². The highest BCUT2D eigenvalue weighted by molar-refractivity contribution is 6.08. The van der Waals surface area contributed by atoms with E-state index in [4.69, 9.17) is 0 Å². The maximum absolute atomic E-state index is 13.4. The topological polar surface area (TPSA) is 72.9 Å². The Morgan fingerprint density at radius 1 is 0.871 bits per heavy atom. The minimum absolute atomic E-state index is 0.00583. The van der Waals surface area contributed by atoms with Crippen LogP contribution in [0.15, 0.2) is 60.7 Å². The number of phenolic OH excluding ortho intramolecular Hbond substituents is 1. The zero-order valence-electron chi connectivity index (χ0n) is 17.3. The summed E-state index contributed by atoms with van der Waals surface area (Å²) in [5.41, 5.74) is 1.91. The number of aromatic hydroxyl groups is 1. The van der Waals surface area contributed by atoms with E-state index in [1.807, 2.05) is 53.4 Å². The van der Waals surface area contributed by atoms with Crippen LogP contribution in [0.3, 0.4) is 0 Å². The molecule has 158 valence electrons. The molecule has 3 aromatic carbocycles. The number of piperazine rings is 1. The molecule has 2 amide bonds. The molecule has 6 heteroatoms. The number of para-hydroxylation sites is 2. The largest absolute Gasteiger partial charge is 0.506 e. The SMILES string of the molecule is O=C(Nc1cc2ccccc2cc1C(=O)N1CCN(c2ccccc2O)CC1)C1CC1. The average Bonchev–Trinajstić information content (AvgIpc) is 3.64. The molecule has 1 aliphatic carbocycles. The summed E-state index contributed by atoms with van der Waals surface area (Å²) in [5, 5.41) is 15.1. The fraction of sp³-hybridized carbons (Fsp3) is 0.280. The third kappa shape index (κ3) is 3.93. The molecule has 31 heavy (non-hydrogen) atoms. The van der Waals surface area contributed by atoms with Crippen molar-refractivity contribution in [3.05, 3.63) is 66.2 Å². The molecule has 6 nitrogen and oxygen atoms in total. The van der Waals surface area contributed by atoms with Crippen molar-refractivity contribution in [2.45, 2.75) is 12.8 Å². The van der Waals surface area contributed by atoms with Crippen LogP contribution in [0.1, 0.15) is 23.2 Å². The van der Waals surface area contributed by atoms with Crippen molar-refractivity contribution in [1.29, 1.82) is 0 Å². The molecule has 0 unspecified atom stereocenters. The number of hydrogen-bond donors (Lipinski definition) is 2. The van der Waals surface area contributed by atoms with Gasteiger partial charge in [0.15, 0.2) is 0 Å². The molecular formula is C25H25N3O3. The van der Waals surface area contributed by atoms with Crippen LogP contribution in [0.25, 0.3) is 10.8 Å². The van der Waals surface area contributed by atoms with Crippen molar-refractivity contribution in [2.75, 3.05) is 36.4 Å². The minimum Gasteiger partial charge on any atom is -0.506 e. The van der Waals surface area contributed by atoms with Gasteiger partial charge in [-0.2, -0.15) is 0 Å². The summed E-state index contributed by atoms with van der Waals surface area (Å²) in [4.78, 5) is 29.8. The zero-order chi connectivity index (χ0) is 21.4. The molecule has 2 aliphatic rings. The highest BCUT2D eigenvalue weighted by atomic mass is 16.3. The van der Waals surface area contributed by atoms with Gasteiger partial charge < -0.3 is 20.2 Å². The lowest BCUT2D eigenvalue weighted by molar-refractivity contribution is -0.117. The van der Waals surface area contributed by atoms with Crippen molar-refractivity contribution in [3.8, 4) is 5.75 Å². The standard InChI is InChI=1S/C25H25N3O3/c29-23-8-4-3-7-22(23)27-11-13-28(14-12-27)25(31)20-15-18-5-1-2-6-19(18)16-21(20)26-24(30)17-9-10-17/h1-8,15-17,29H,9-14H2,(H,26,30). The molecule has 0 bridgehead atoms. The van der Waals surface area contributed by atoms with E-state index in [9.17, 15) is 14.7 Å². The van der Waals surface area contributed by atoms with Gasteiger partial charge in [-0.15, -0.1) is 0 Å². The van der Waals surface area contributed by atoms with Crippen LogP contribution in [0, 0.1) is 5.92 Å². The van der Waals surface area contributed by atoms with Crippen LogP contribution in [0.5, 0.6) is 5.75 Å². The van der Waals surface area contributed by atoms with Crippen molar-refractivity contribution < 1.29 is 14.7 Å². The Morgan fingerprint density at radius 2 is 1.52 bits per heavy atom. The molecule has 0 atom stereocenters. The van der Waals surface area contributed by atoms with Gasteiger partial charge >= 0.3 is 0 Å². The molecule has 1 heterocycles. The van der Waals surface area contributed by atoms with Crippen LogP contribution in [0.2, 0.25) is 0 Å². The number of benzene rings is 3. The number of fused-ring (bicyclic) bond motifs is 1. The first-order valence-electron chi connectivity index (χ1n) is 10.8. The molecule has 5 rings (SSSR count). The second-order valence-electron chi connectivity index (χ2n) is 8.28. The first-order chi connectivity index (χ1) is 15.1. The molecule has 2 fully saturated rings. The van der Waals surface area contributed by atoms with Gasteiger partial charge in [0.1, 0.15) is 5.75 Å². The second kappa shape index (κ2) is 7.95. The van der Waals surface area contributed by atoms with Crippen LogP contribution in [-0.4, -0.2) is 48.0 Å². The van der Waals surface area contributed by atoms with Crippen molar-refractivity contribution in [1.82, 2.24) is 4.90 Å². The molecule has 3 aromatic rings. The lowest BCUT2D eigenvalue weighted by atomic mass is 10.0. The summed E-state index contributed by atoms with van der Waals surface area (Å²) in [6, 6.07) is 18.9. The Balaban J connectivity index is 1.38. The summed E-state index contributed by atoms with van der Waals surface area (Å²) in [6.45, 7) is 2.38. The molecule has 0 radical (unpaired) electrons. The molecule has 1 saturated carbocycles. The summed E-state index contributed by atoms with van der Waals surface area (Å²) in [5.74, 6) is 0.237. The van der Waals surface area contributed by atoms with Crippen molar-refractivity contribution >= 4 is 34.0 Å². The molecule has 2 N–H and O–H groups in total. The van der Waals surface area contributed by atoms with Crippen LogP contribution in [-0.2, 0) is 4.79 Å². The normalized spacial score (nSPS) is 16.4. The number of anilines is 2. The van der Waals surface area contributed by atoms with E-state index in [-0.39, 0.29) is 23.5 Å². The highest BCUT2D eigenvalue weighted by Gasteiger charge is 2.31. The predicted molar refractivity (Wildman–Crippen MR) is 122 cm³/mol. The highest BCUT2D eigenvalue weighted by Crippen LogP contribution is 2.33. The lowest BCUT2D eigenvalue weighted by Gasteiger charge is -2.36. The molecule has 1 aliphatic heterocycles. The summed E-state index contributed by atoms with van der Waals surface area (Å²) < 4.78 is 0. The molecular weight excluding hydrogens is 390 g/mol. The van der Waals surface area contributed by atoms with E-state index >= 15 is 0 Å². The van der Waals surface area contributed by atoms with Gasteiger partial charge in [-0.25, -0.2) is 0 Å². The number of nitrogens with zero attached hydrogens (tertiary/aromatic N) is 2. The number of rotatable bonds is 4. The van der Waals surface area contributed by atoms with Gasteiger partial charge in [0, 0.05) is 32.1 Å². The summed E-state index contributed by atoms with van der Waals surface area (Å²) in [7, 11) is 0. The molecule has 1 saturated heterocycles. The number of amides is 2. The first-order valence-corrected chi connectivity index (χ1v) is 10.8. The van der Waals surface area contributed by atoms with Crippen LogP contribution >= 0.6 is 0 Å². The van der Waals surface area contributed by atoms with E-state index in [0.717, 1.165) is 29.3 Å². The predicted octanol–water partition coefficient (Wildman–Crippen LogP) is 3.86. The lowest BCUT2D eigenvalue weighted by Crippen LogP contribution is -2.49. The third-order valence-corrected chi connectivity index (χ3v) is 6.11. The number of nitrogens with one attached hydrogen (secondary N) is 1. The van der Waals surface area contributed by atoms with Crippen molar-refractivity contribution in [3.63, 3.8) is 0 Å². The Morgan fingerprint density at radius 3 is 2.19 bits per heavy atom. The monoisotopic (exact) mass is 415 g/mol. The van der Waals surface area contributed by atoms with Crippen molar-refractivity contribution in [2.24, 2.45) is 5.92 Å². The van der Waals surface area contributed by atoms with Crippen LogP contribution < -0.4 is 10.2 Å². The Bertz CT molecular complexity index is 1150. The quantitative estimate of drug-likeness (QED) is 0.679. The molecule has 0 aromatic heterocycles. The number of hydrogen-bond acceptors (Lipinski definition) is 4.